The Kier molecular flexibility index (Phi) is 5.91. The molecule has 0 aliphatic carbocycles. The smallest absolute Gasteiger partial charge is 0.407 e. The number of nitrogens with one attached hydrogen (secondary N) is 1. The van der Waals surface area contributed by atoms with Gasteiger partial charge >= 0.3 is 6.09 Å². The van der Waals surface area contributed by atoms with E-state index in [1.165, 1.54) is 0 Å². The maximum Gasteiger partial charge on any atom is 0.407 e. The number of aliphatic imine (C=N–C) groups is 1. The average molecular weight is 452 g/mol. The Hall–Kier alpha value is -4.26. The van der Waals surface area contributed by atoms with Gasteiger partial charge in [-0.1, -0.05) is 78.9 Å². The summed E-state index contributed by atoms with van der Waals surface area (Å²) >= 11 is 0. The lowest BCUT2D eigenvalue weighted by Gasteiger charge is -2.16. The standard InChI is InChI=1S/C27H25N5O2/c1-18(20-11-5-3-6-12-20)34-27(33)28-17-23-26-31-30-19(2)32(26)24-16-10-9-15-22(24)25(29-23)21-13-7-4-8-14-21/h3-16,18,23H,17H2,1-2H3,(H,28,33)/t18-,23?/m1/s1. The average Bonchev–Trinajstić information content (AvgIpc) is 3.19. The number of para-hydroxylation sites is 1. The highest BCUT2D eigenvalue weighted by Gasteiger charge is 2.28. The van der Waals surface area contributed by atoms with Gasteiger partial charge in [0.1, 0.15) is 18.0 Å². The molecule has 1 unspecified atom stereocenters. The van der Waals surface area contributed by atoms with E-state index < -0.39 is 12.1 Å². The van der Waals surface area contributed by atoms with Crippen LogP contribution in [0.15, 0.2) is 89.9 Å². The number of hydrogen-bond acceptors (Lipinski definition) is 5. The lowest BCUT2D eigenvalue weighted by atomic mass is 10.0. The van der Waals surface area contributed by atoms with E-state index in [0.717, 1.165) is 33.9 Å². The molecule has 2 atom stereocenters. The van der Waals surface area contributed by atoms with Crippen molar-refractivity contribution in [2.24, 2.45) is 4.99 Å². The fraction of sp³-hybridized carbons (Fsp3) is 0.185. The molecule has 3 aromatic carbocycles. The zero-order valence-electron chi connectivity index (χ0n) is 19.1. The number of fused-ring (bicyclic) bond motifs is 3. The van der Waals surface area contributed by atoms with Crippen LogP contribution < -0.4 is 5.32 Å². The Labute approximate surface area is 198 Å². The highest BCUT2D eigenvalue weighted by molar-refractivity contribution is 6.15. The number of amides is 1. The van der Waals surface area contributed by atoms with Crippen molar-refractivity contribution >= 4 is 11.8 Å². The Morgan fingerprint density at radius 2 is 1.65 bits per heavy atom. The number of rotatable bonds is 5. The van der Waals surface area contributed by atoms with Gasteiger partial charge in [-0.05, 0) is 25.5 Å². The molecule has 0 spiro atoms. The third-order valence-electron chi connectivity index (χ3n) is 5.87. The molecule has 5 rings (SSSR count). The fourth-order valence-electron chi connectivity index (χ4n) is 4.18. The summed E-state index contributed by atoms with van der Waals surface area (Å²) in [5.41, 5.74) is 4.73. The molecule has 7 heteroatoms. The van der Waals surface area contributed by atoms with E-state index in [1.807, 2.05) is 97.3 Å². The molecule has 1 aromatic heterocycles. The Morgan fingerprint density at radius 1 is 0.971 bits per heavy atom. The van der Waals surface area contributed by atoms with Crippen LogP contribution in [0, 0.1) is 6.92 Å². The summed E-state index contributed by atoms with van der Waals surface area (Å²) in [7, 11) is 0. The van der Waals surface area contributed by atoms with Crippen LogP contribution in [-0.2, 0) is 4.74 Å². The number of carbonyl (C=O) groups is 1. The molecular formula is C27H25N5O2. The molecule has 1 aliphatic rings. The summed E-state index contributed by atoms with van der Waals surface area (Å²) < 4.78 is 7.60. The lowest BCUT2D eigenvalue weighted by Crippen LogP contribution is -2.30. The van der Waals surface area contributed by atoms with Crippen molar-refractivity contribution < 1.29 is 9.53 Å². The number of nitrogens with zero attached hydrogens (tertiary/aromatic N) is 4. The lowest BCUT2D eigenvalue weighted by molar-refractivity contribution is 0.106. The minimum absolute atomic E-state index is 0.225. The number of hydrogen-bond donors (Lipinski definition) is 1. The molecule has 0 radical (unpaired) electrons. The molecule has 170 valence electrons. The van der Waals surface area contributed by atoms with Crippen molar-refractivity contribution in [3.05, 3.63) is 113 Å². The van der Waals surface area contributed by atoms with Crippen LogP contribution in [0.4, 0.5) is 4.79 Å². The van der Waals surface area contributed by atoms with E-state index in [4.69, 9.17) is 9.73 Å². The van der Waals surface area contributed by atoms with E-state index in [-0.39, 0.29) is 12.6 Å². The van der Waals surface area contributed by atoms with Gasteiger partial charge in [-0.25, -0.2) is 4.79 Å². The molecule has 1 amide bonds. The van der Waals surface area contributed by atoms with Gasteiger partial charge in [0.05, 0.1) is 17.9 Å². The number of aromatic nitrogens is 3. The molecule has 0 saturated heterocycles. The van der Waals surface area contributed by atoms with Crippen molar-refractivity contribution in [1.82, 2.24) is 20.1 Å². The van der Waals surface area contributed by atoms with Gasteiger partial charge in [-0.3, -0.25) is 9.56 Å². The number of carbonyl (C=O) groups excluding carboxylic acids is 1. The van der Waals surface area contributed by atoms with E-state index in [0.29, 0.717) is 5.82 Å². The SMILES string of the molecule is Cc1nnc2n1-c1ccccc1C(c1ccccc1)=NC2CNC(=O)O[C@H](C)c1ccccc1. The summed E-state index contributed by atoms with van der Waals surface area (Å²) in [6.45, 7) is 3.99. The number of aryl methyl sites for hydroxylation is 1. The van der Waals surface area contributed by atoms with Crippen LogP contribution in [-0.4, -0.2) is 33.1 Å². The molecule has 34 heavy (non-hydrogen) atoms. The summed E-state index contributed by atoms with van der Waals surface area (Å²) in [5.74, 6) is 1.43. The van der Waals surface area contributed by atoms with Crippen LogP contribution in [0.25, 0.3) is 5.69 Å². The minimum atomic E-state index is -0.502. The van der Waals surface area contributed by atoms with Crippen molar-refractivity contribution in [3.8, 4) is 5.69 Å². The van der Waals surface area contributed by atoms with E-state index in [9.17, 15) is 4.79 Å². The zero-order chi connectivity index (χ0) is 23.5. The summed E-state index contributed by atoms with van der Waals surface area (Å²) in [4.78, 5) is 17.7. The zero-order valence-corrected chi connectivity index (χ0v) is 19.1. The van der Waals surface area contributed by atoms with Gasteiger partial charge < -0.3 is 10.1 Å². The number of benzene rings is 3. The summed E-state index contributed by atoms with van der Waals surface area (Å²) in [5, 5.41) is 11.6. The second-order valence-corrected chi connectivity index (χ2v) is 8.16. The quantitative estimate of drug-likeness (QED) is 0.465. The van der Waals surface area contributed by atoms with Crippen molar-refractivity contribution in [2.75, 3.05) is 6.54 Å². The van der Waals surface area contributed by atoms with Gasteiger partial charge in [0, 0.05) is 11.1 Å². The largest absolute Gasteiger partial charge is 0.442 e. The van der Waals surface area contributed by atoms with Gasteiger partial charge in [0.2, 0.25) is 0 Å². The first-order chi connectivity index (χ1) is 16.6. The number of alkyl carbamates (subject to hydrolysis) is 1. The molecule has 1 aliphatic heterocycles. The molecule has 1 N–H and O–H groups in total. The molecule has 2 heterocycles. The highest BCUT2D eigenvalue weighted by Crippen LogP contribution is 2.30. The summed E-state index contributed by atoms with van der Waals surface area (Å²) in [6.07, 6.45) is -0.869. The minimum Gasteiger partial charge on any atom is -0.442 e. The van der Waals surface area contributed by atoms with Gasteiger partial charge in [0.15, 0.2) is 5.82 Å². The fourth-order valence-corrected chi connectivity index (χ4v) is 4.18. The first-order valence-electron chi connectivity index (χ1n) is 11.3. The van der Waals surface area contributed by atoms with E-state index >= 15 is 0 Å². The molecule has 4 aromatic rings. The molecule has 7 nitrogen and oxygen atoms in total. The van der Waals surface area contributed by atoms with Crippen LogP contribution in [0.3, 0.4) is 0 Å². The molecule has 0 saturated carbocycles. The van der Waals surface area contributed by atoms with Crippen molar-refractivity contribution in [3.63, 3.8) is 0 Å². The van der Waals surface area contributed by atoms with Crippen molar-refractivity contribution in [1.29, 1.82) is 0 Å². The van der Waals surface area contributed by atoms with Gasteiger partial charge in [-0.2, -0.15) is 0 Å². The Bertz CT molecular complexity index is 1330. The third kappa shape index (κ3) is 4.20. The Morgan fingerprint density at radius 3 is 2.41 bits per heavy atom. The molecule has 0 bridgehead atoms. The predicted molar refractivity (Wildman–Crippen MR) is 130 cm³/mol. The topological polar surface area (TPSA) is 81.4 Å². The normalized spacial score (nSPS) is 15.4. The predicted octanol–water partition coefficient (Wildman–Crippen LogP) is 4.96. The van der Waals surface area contributed by atoms with E-state index in [2.05, 4.69) is 21.6 Å². The van der Waals surface area contributed by atoms with Gasteiger partial charge in [-0.15, -0.1) is 10.2 Å². The molecular weight excluding hydrogens is 426 g/mol. The summed E-state index contributed by atoms with van der Waals surface area (Å²) in [6, 6.07) is 27.3. The first kappa shape index (κ1) is 21.6. The number of ether oxygens (including phenoxy) is 1. The van der Waals surface area contributed by atoms with Crippen LogP contribution in [0.2, 0.25) is 0 Å². The maximum absolute atomic E-state index is 12.6. The van der Waals surface area contributed by atoms with E-state index in [1.54, 1.807) is 0 Å². The highest BCUT2D eigenvalue weighted by atomic mass is 16.6. The molecule has 0 fully saturated rings. The second kappa shape index (κ2) is 9.31. The van der Waals surface area contributed by atoms with Crippen LogP contribution in [0.5, 0.6) is 0 Å². The van der Waals surface area contributed by atoms with Crippen LogP contribution in [0.1, 0.15) is 47.4 Å². The Balaban J connectivity index is 1.46. The van der Waals surface area contributed by atoms with Gasteiger partial charge in [0.25, 0.3) is 0 Å². The van der Waals surface area contributed by atoms with Crippen LogP contribution >= 0.6 is 0 Å². The third-order valence-corrected chi connectivity index (χ3v) is 5.87. The monoisotopic (exact) mass is 451 g/mol. The van der Waals surface area contributed by atoms with Crippen molar-refractivity contribution in [2.45, 2.75) is 26.0 Å². The maximum atomic E-state index is 12.6. The first-order valence-corrected chi connectivity index (χ1v) is 11.3. The second-order valence-electron chi connectivity index (χ2n) is 8.16.